The summed E-state index contributed by atoms with van der Waals surface area (Å²) in [5, 5.41) is 3.13. The van der Waals surface area contributed by atoms with Gasteiger partial charge in [0.2, 0.25) is 0 Å². The van der Waals surface area contributed by atoms with E-state index >= 15 is 0 Å². The molecule has 1 aromatic carbocycles. The molecule has 0 saturated heterocycles. The average Bonchev–Trinajstić information content (AvgIpc) is 2.23. The van der Waals surface area contributed by atoms with Gasteiger partial charge >= 0.3 is 0 Å². The van der Waals surface area contributed by atoms with Gasteiger partial charge in [-0.3, -0.25) is 0 Å². The van der Waals surface area contributed by atoms with Gasteiger partial charge in [-0.2, -0.15) is 0 Å². The van der Waals surface area contributed by atoms with E-state index in [0.717, 1.165) is 6.07 Å². The van der Waals surface area contributed by atoms with Crippen molar-refractivity contribution in [3.05, 3.63) is 35.4 Å². The van der Waals surface area contributed by atoms with Crippen LogP contribution in [0.4, 0.5) is 8.78 Å². The molecular weight excluding hydrogens is 212 g/mol. The highest BCUT2D eigenvalue weighted by molar-refractivity contribution is 5.17. The maximum Gasteiger partial charge on any atom is 0.159 e. The van der Waals surface area contributed by atoms with Crippen molar-refractivity contribution in [1.29, 1.82) is 0 Å². The van der Waals surface area contributed by atoms with Crippen LogP contribution >= 0.6 is 0 Å². The van der Waals surface area contributed by atoms with Crippen molar-refractivity contribution in [2.24, 2.45) is 0 Å². The van der Waals surface area contributed by atoms with Crippen molar-refractivity contribution in [2.75, 3.05) is 13.7 Å². The van der Waals surface area contributed by atoms with E-state index in [2.05, 4.69) is 5.32 Å². The van der Waals surface area contributed by atoms with E-state index in [1.54, 1.807) is 13.2 Å². The standard InChI is InChI=1S/C12H17F2NO/c1-12(2,16-3)8-15-7-9-4-5-10(13)11(14)6-9/h4-6,15H,7-8H2,1-3H3. The van der Waals surface area contributed by atoms with E-state index in [4.69, 9.17) is 4.74 Å². The number of ether oxygens (including phenoxy) is 1. The van der Waals surface area contributed by atoms with Crippen molar-refractivity contribution in [1.82, 2.24) is 5.32 Å². The number of methoxy groups -OCH3 is 1. The second kappa shape index (κ2) is 5.37. The molecule has 0 spiro atoms. The predicted octanol–water partition coefficient (Wildman–Crippen LogP) is 2.48. The molecule has 2 nitrogen and oxygen atoms in total. The lowest BCUT2D eigenvalue weighted by Gasteiger charge is -2.23. The first-order valence-corrected chi connectivity index (χ1v) is 5.14. The molecule has 0 aliphatic heterocycles. The highest BCUT2D eigenvalue weighted by atomic mass is 19.2. The van der Waals surface area contributed by atoms with Crippen molar-refractivity contribution in [2.45, 2.75) is 26.0 Å². The molecule has 0 radical (unpaired) electrons. The predicted molar refractivity (Wildman–Crippen MR) is 59.2 cm³/mol. The number of hydrogen-bond acceptors (Lipinski definition) is 2. The molecule has 0 bridgehead atoms. The second-order valence-corrected chi connectivity index (χ2v) is 4.32. The van der Waals surface area contributed by atoms with Crippen LogP contribution in [0.3, 0.4) is 0 Å². The fourth-order valence-corrected chi connectivity index (χ4v) is 1.23. The van der Waals surface area contributed by atoms with Crippen molar-refractivity contribution >= 4 is 0 Å². The molecule has 0 fully saturated rings. The molecule has 1 aromatic rings. The molecule has 16 heavy (non-hydrogen) atoms. The van der Waals surface area contributed by atoms with Crippen LogP contribution < -0.4 is 5.32 Å². The van der Waals surface area contributed by atoms with E-state index < -0.39 is 11.6 Å². The highest BCUT2D eigenvalue weighted by Gasteiger charge is 2.15. The topological polar surface area (TPSA) is 21.3 Å². The minimum Gasteiger partial charge on any atom is -0.377 e. The van der Waals surface area contributed by atoms with Crippen LogP contribution in [0.25, 0.3) is 0 Å². The molecule has 0 aliphatic carbocycles. The molecule has 0 aromatic heterocycles. The third kappa shape index (κ3) is 3.87. The Morgan fingerprint density at radius 1 is 1.25 bits per heavy atom. The smallest absolute Gasteiger partial charge is 0.159 e. The van der Waals surface area contributed by atoms with Crippen LogP contribution in [-0.4, -0.2) is 19.3 Å². The zero-order chi connectivity index (χ0) is 12.2. The summed E-state index contributed by atoms with van der Waals surface area (Å²) in [6.07, 6.45) is 0. The third-order valence-corrected chi connectivity index (χ3v) is 2.42. The Bertz CT molecular complexity index is 353. The Kier molecular flexibility index (Phi) is 4.38. The SMILES string of the molecule is COC(C)(C)CNCc1ccc(F)c(F)c1. The van der Waals surface area contributed by atoms with Gasteiger partial charge in [-0.15, -0.1) is 0 Å². The Hall–Kier alpha value is -1.00. The van der Waals surface area contributed by atoms with Crippen LogP contribution in [0.5, 0.6) is 0 Å². The van der Waals surface area contributed by atoms with Crippen LogP contribution in [0.15, 0.2) is 18.2 Å². The molecule has 0 aliphatic rings. The van der Waals surface area contributed by atoms with E-state index in [1.165, 1.54) is 6.07 Å². The van der Waals surface area contributed by atoms with Gasteiger partial charge < -0.3 is 10.1 Å². The number of nitrogens with one attached hydrogen (secondary N) is 1. The van der Waals surface area contributed by atoms with E-state index in [9.17, 15) is 8.78 Å². The van der Waals surface area contributed by atoms with Crippen LogP contribution in [0.1, 0.15) is 19.4 Å². The van der Waals surface area contributed by atoms with Gasteiger partial charge in [0.1, 0.15) is 0 Å². The Morgan fingerprint density at radius 2 is 1.94 bits per heavy atom. The third-order valence-electron chi connectivity index (χ3n) is 2.42. The Balaban J connectivity index is 2.46. The summed E-state index contributed by atoms with van der Waals surface area (Å²) in [6.45, 7) is 5.03. The minimum absolute atomic E-state index is 0.265. The molecule has 0 atom stereocenters. The lowest BCUT2D eigenvalue weighted by atomic mass is 10.1. The molecular formula is C12H17F2NO. The largest absolute Gasteiger partial charge is 0.377 e. The maximum atomic E-state index is 12.9. The first-order valence-electron chi connectivity index (χ1n) is 5.14. The molecule has 0 heterocycles. The molecule has 0 amide bonds. The van der Waals surface area contributed by atoms with E-state index in [0.29, 0.717) is 18.7 Å². The number of rotatable bonds is 5. The first-order chi connectivity index (χ1) is 7.44. The van der Waals surface area contributed by atoms with Gasteiger partial charge in [-0.05, 0) is 31.5 Å². The minimum atomic E-state index is -0.819. The van der Waals surface area contributed by atoms with Gasteiger partial charge in [-0.25, -0.2) is 8.78 Å². The molecule has 90 valence electrons. The van der Waals surface area contributed by atoms with Crippen LogP contribution in [0, 0.1) is 11.6 Å². The maximum absolute atomic E-state index is 12.9. The fourth-order valence-electron chi connectivity index (χ4n) is 1.23. The Labute approximate surface area is 94.6 Å². The number of hydrogen-bond donors (Lipinski definition) is 1. The molecule has 1 rings (SSSR count). The van der Waals surface area contributed by atoms with Gasteiger partial charge in [0.25, 0.3) is 0 Å². The quantitative estimate of drug-likeness (QED) is 0.837. The van der Waals surface area contributed by atoms with E-state index in [1.807, 2.05) is 13.8 Å². The summed E-state index contributed by atoms with van der Waals surface area (Å²) in [6, 6.07) is 3.89. The van der Waals surface area contributed by atoms with Crippen molar-refractivity contribution < 1.29 is 13.5 Å². The number of halogens is 2. The second-order valence-electron chi connectivity index (χ2n) is 4.32. The van der Waals surface area contributed by atoms with Gasteiger partial charge in [-0.1, -0.05) is 6.07 Å². The lowest BCUT2D eigenvalue weighted by molar-refractivity contribution is 0.0230. The summed E-state index contributed by atoms with van der Waals surface area (Å²) in [5.41, 5.74) is 0.448. The van der Waals surface area contributed by atoms with Crippen LogP contribution in [-0.2, 0) is 11.3 Å². The van der Waals surface area contributed by atoms with Gasteiger partial charge in [0.05, 0.1) is 5.60 Å². The van der Waals surface area contributed by atoms with Gasteiger partial charge in [0, 0.05) is 20.2 Å². The average molecular weight is 229 g/mol. The van der Waals surface area contributed by atoms with Crippen molar-refractivity contribution in [3.63, 3.8) is 0 Å². The summed E-state index contributed by atoms with van der Waals surface area (Å²) in [5.74, 6) is -1.63. The molecule has 0 saturated carbocycles. The first kappa shape index (κ1) is 13.1. The molecule has 4 heteroatoms. The van der Waals surface area contributed by atoms with Crippen molar-refractivity contribution in [3.8, 4) is 0 Å². The monoisotopic (exact) mass is 229 g/mol. The summed E-state index contributed by atoms with van der Waals surface area (Å²) in [4.78, 5) is 0. The fraction of sp³-hybridized carbons (Fsp3) is 0.500. The lowest BCUT2D eigenvalue weighted by Crippen LogP contribution is -2.36. The van der Waals surface area contributed by atoms with Gasteiger partial charge in [0.15, 0.2) is 11.6 Å². The highest BCUT2D eigenvalue weighted by Crippen LogP contribution is 2.09. The number of benzene rings is 1. The molecule has 0 unspecified atom stereocenters. The summed E-state index contributed by atoms with van der Waals surface area (Å²) < 4.78 is 30.8. The van der Waals surface area contributed by atoms with Crippen LogP contribution in [0.2, 0.25) is 0 Å². The summed E-state index contributed by atoms with van der Waals surface area (Å²) in [7, 11) is 1.64. The molecule has 1 N–H and O–H groups in total. The zero-order valence-electron chi connectivity index (χ0n) is 9.81. The zero-order valence-corrected chi connectivity index (χ0v) is 9.81. The summed E-state index contributed by atoms with van der Waals surface area (Å²) >= 11 is 0. The normalized spacial score (nSPS) is 11.8. The van der Waals surface area contributed by atoms with E-state index in [-0.39, 0.29) is 5.60 Å². The Morgan fingerprint density at radius 3 is 2.50 bits per heavy atom.